The fourth-order valence-electron chi connectivity index (χ4n) is 8.13. The first-order valence-corrected chi connectivity index (χ1v) is 27.1. The second-order valence-electron chi connectivity index (χ2n) is 20.4. The van der Waals surface area contributed by atoms with Gasteiger partial charge in [0.2, 0.25) is 0 Å². The first-order chi connectivity index (χ1) is 28.9. The lowest BCUT2D eigenvalue weighted by atomic mass is 9.73. The Kier molecular flexibility index (Phi) is 18.8. The highest BCUT2D eigenvalue weighted by molar-refractivity contribution is 6.89. The second kappa shape index (κ2) is 23.0. The van der Waals surface area contributed by atoms with E-state index < -0.39 is 19.7 Å². The number of phenolic OH excluding ortho intramolecular Hbond substituents is 1. The van der Waals surface area contributed by atoms with E-state index in [-0.39, 0.29) is 16.6 Å². The van der Waals surface area contributed by atoms with E-state index in [1.54, 1.807) is 6.07 Å². The van der Waals surface area contributed by atoms with Crippen molar-refractivity contribution < 1.29 is 19.7 Å². The van der Waals surface area contributed by atoms with E-state index in [0.29, 0.717) is 47.8 Å². The third kappa shape index (κ3) is 14.3. The van der Waals surface area contributed by atoms with Gasteiger partial charge in [-0.05, 0) is 82.3 Å². The van der Waals surface area contributed by atoms with Gasteiger partial charge < -0.3 is 19.7 Å². The van der Waals surface area contributed by atoms with Crippen molar-refractivity contribution >= 4 is 19.5 Å². The van der Waals surface area contributed by atoms with Gasteiger partial charge in [-0.15, -0.1) is 0 Å². The first kappa shape index (κ1) is 49.8. The Morgan fingerprint density at radius 1 is 0.607 bits per heavy atom. The van der Waals surface area contributed by atoms with Gasteiger partial charge in [0.15, 0.2) is 0 Å². The van der Waals surface area contributed by atoms with Crippen molar-refractivity contribution in [1.29, 1.82) is 0 Å². The number of aliphatic hydroxyl groups is 1. The summed E-state index contributed by atoms with van der Waals surface area (Å²) >= 11 is 0. The van der Waals surface area contributed by atoms with E-state index in [9.17, 15) is 10.2 Å². The van der Waals surface area contributed by atoms with Crippen LogP contribution in [0.2, 0.25) is 19.6 Å². The molecule has 0 heterocycles. The number of aromatic hydroxyl groups is 1. The lowest BCUT2D eigenvalue weighted by molar-refractivity contribution is 0.0460. The fourth-order valence-corrected chi connectivity index (χ4v) is 9.72. The minimum absolute atomic E-state index is 0.195. The Balaban J connectivity index is 2.05. The SMILES string of the molecule is CCCCCCCCOc1ccc(C(C)(C)C)cc1C(O)(c1cc(C(C)(C)C)ccc1OCCCCCCCC)C(Cc1ccccc1)N=Cc1c(O)cccc1[Si](C)(C)C. The number of benzene rings is 4. The highest BCUT2D eigenvalue weighted by atomic mass is 28.3. The predicted octanol–water partition coefficient (Wildman–Crippen LogP) is 14.0. The van der Waals surface area contributed by atoms with Crippen LogP contribution in [0, 0.1) is 0 Å². The molecule has 0 saturated heterocycles. The second-order valence-corrected chi connectivity index (χ2v) is 25.4. The largest absolute Gasteiger partial charge is 0.507 e. The standard InChI is InChI=1S/C55H81NO4Si/c1-12-14-16-18-20-25-36-59-49-34-32-43(53(3,4)5)39-46(49)55(58,47-40-44(54(6,7)8)33-35-50(47)60-37-26-21-19-17-15-13-2)52(38-42-28-23-22-24-29-42)56-41-45-48(57)30-27-31-51(45)61(9,10)11/h22-24,27-35,39-41,52,57-58H,12-21,25-26,36-38H2,1-11H3. The molecule has 0 bridgehead atoms. The number of nitrogens with zero attached hydrogens (tertiary/aromatic N) is 1. The zero-order valence-corrected chi connectivity index (χ0v) is 41.0. The molecule has 2 N–H and O–H groups in total. The van der Waals surface area contributed by atoms with Gasteiger partial charge in [-0.3, -0.25) is 4.99 Å². The lowest BCUT2D eigenvalue weighted by Gasteiger charge is -2.39. The van der Waals surface area contributed by atoms with Gasteiger partial charge in [0, 0.05) is 22.9 Å². The Bertz CT molecular complexity index is 1870. The third-order valence-electron chi connectivity index (χ3n) is 12.1. The smallest absolute Gasteiger partial charge is 0.144 e. The van der Waals surface area contributed by atoms with Crippen LogP contribution in [0.1, 0.15) is 166 Å². The Labute approximate surface area is 372 Å². The average Bonchev–Trinajstić information content (AvgIpc) is 3.21. The number of rotatable bonds is 24. The molecule has 0 amide bonds. The summed E-state index contributed by atoms with van der Waals surface area (Å²) in [7, 11) is -1.92. The maximum Gasteiger partial charge on any atom is 0.144 e. The summed E-state index contributed by atoms with van der Waals surface area (Å²) < 4.78 is 13.6. The van der Waals surface area contributed by atoms with Crippen molar-refractivity contribution in [2.24, 2.45) is 4.99 Å². The average molecular weight is 848 g/mol. The van der Waals surface area contributed by atoms with Gasteiger partial charge in [-0.1, -0.05) is 194 Å². The van der Waals surface area contributed by atoms with E-state index in [1.165, 1.54) is 51.4 Å². The van der Waals surface area contributed by atoms with Crippen molar-refractivity contribution in [2.45, 2.75) is 181 Å². The molecule has 0 spiro atoms. The molecule has 61 heavy (non-hydrogen) atoms. The van der Waals surface area contributed by atoms with Gasteiger partial charge in [0.1, 0.15) is 22.8 Å². The van der Waals surface area contributed by atoms with Crippen LogP contribution in [0.25, 0.3) is 0 Å². The molecule has 0 saturated carbocycles. The van der Waals surface area contributed by atoms with Crippen molar-refractivity contribution in [3.8, 4) is 17.2 Å². The molecular formula is C55H81NO4Si. The Morgan fingerprint density at radius 3 is 1.54 bits per heavy atom. The van der Waals surface area contributed by atoms with E-state index >= 15 is 0 Å². The van der Waals surface area contributed by atoms with Crippen LogP contribution >= 0.6 is 0 Å². The Morgan fingerprint density at radius 2 is 1.08 bits per heavy atom. The van der Waals surface area contributed by atoms with Crippen LogP contribution in [0.15, 0.2) is 89.9 Å². The van der Waals surface area contributed by atoms with Crippen molar-refractivity contribution in [3.63, 3.8) is 0 Å². The minimum atomic E-state index is -1.92. The zero-order chi connectivity index (χ0) is 44.7. The molecule has 334 valence electrons. The summed E-state index contributed by atoms with van der Waals surface area (Å²) in [4.78, 5) is 5.47. The fraction of sp³-hybridized carbons (Fsp3) is 0.545. The summed E-state index contributed by atoms with van der Waals surface area (Å²) in [5.41, 5.74) is 3.17. The number of ether oxygens (including phenoxy) is 2. The molecule has 6 heteroatoms. The monoisotopic (exact) mass is 848 g/mol. The van der Waals surface area contributed by atoms with Crippen LogP contribution in [-0.2, 0) is 22.9 Å². The zero-order valence-electron chi connectivity index (χ0n) is 40.0. The van der Waals surface area contributed by atoms with Crippen LogP contribution in [0.3, 0.4) is 0 Å². The summed E-state index contributed by atoms with van der Waals surface area (Å²) in [6.45, 7) is 25.8. The van der Waals surface area contributed by atoms with E-state index in [0.717, 1.165) is 47.6 Å². The lowest BCUT2D eigenvalue weighted by Crippen LogP contribution is -2.43. The summed E-state index contributed by atoms with van der Waals surface area (Å²) in [5.74, 6) is 1.51. The molecule has 4 aromatic rings. The van der Waals surface area contributed by atoms with Crippen LogP contribution < -0.4 is 14.7 Å². The molecule has 1 unspecified atom stereocenters. The highest BCUT2D eigenvalue weighted by Gasteiger charge is 2.46. The van der Waals surface area contributed by atoms with Crippen molar-refractivity contribution in [3.05, 3.63) is 118 Å². The number of hydrogen-bond acceptors (Lipinski definition) is 5. The first-order valence-electron chi connectivity index (χ1n) is 23.6. The molecule has 1 atom stereocenters. The number of phenols is 1. The summed E-state index contributed by atoms with van der Waals surface area (Å²) in [5, 5.41) is 27.0. The summed E-state index contributed by atoms with van der Waals surface area (Å²) in [6, 6.07) is 28.2. The van der Waals surface area contributed by atoms with Gasteiger partial charge in [-0.2, -0.15) is 0 Å². The van der Waals surface area contributed by atoms with Gasteiger partial charge in [-0.25, -0.2) is 0 Å². The molecule has 0 fully saturated rings. The molecule has 4 rings (SSSR count). The predicted molar refractivity (Wildman–Crippen MR) is 264 cm³/mol. The number of unbranched alkanes of at least 4 members (excludes halogenated alkanes) is 10. The maximum absolute atomic E-state index is 14.5. The number of hydrogen-bond donors (Lipinski definition) is 2. The minimum Gasteiger partial charge on any atom is -0.507 e. The summed E-state index contributed by atoms with van der Waals surface area (Å²) in [6.07, 6.45) is 16.1. The molecule has 0 aromatic heterocycles. The topological polar surface area (TPSA) is 71.3 Å². The Hall–Kier alpha value is -3.87. The molecule has 0 aliphatic rings. The van der Waals surface area contributed by atoms with Gasteiger partial charge in [0.05, 0.1) is 27.3 Å². The molecular weight excluding hydrogens is 767 g/mol. The van der Waals surface area contributed by atoms with Crippen LogP contribution in [0.5, 0.6) is 17.2 Å². The molecule has 5 nitrogen and oxygen atoms in total. The number of aliphatic imine (C=N–C) groups is 1. The normalized spacial score (nSPS) is 13.2. The molecule has 4 aromatic carbocycles. The third-order valence-corrected chi connectivity index (χ3v) is 14.1. The molecule has 0 radical (unpaired) electrons. The van der Waals surface area contributed by atoms with Crippen molar-refractivity contribution in [2.75, 3.05) is 13.2 Å². The van der Waals surface area contributed by atoms with Gasteiger partial charge >= 0.3 is 0 Å². The van der Waals surface area contributed by atoms with E-state index in [2.05, 4.69) is 130 Å². The molecule has 0 aliphatic heterocycles. The highest BCUT2D eigenvalue weighted by Crippen LogP contribution is 2.47. The quantitative estimate of drug-likeness (QED) is 0.0419. The van der Waals surface area contributed by atoms with Crippen molar-refractivity contribution in [1.82, 2.24) is 0 Å². The molecule has 0 aliphatic carbocycles. The van der Waals surface area contributed by atoms with E-state index in [1.807, 2.05) is 30.5 Å². The van der Waals surface area contributed by atoms with Crippen LogP contribution in [-0.4, -0.2) is 43.8 Å². The van der Waals surface area contributed by atoms with Gasteiger partial charge in [0.25, 0.3) is 0 Å². The van der Waals surface area contributed by atoms with Crippen LogP contribution in [0.4, 0.5) is 0 Å². The maximum atomic E-state index is 14.5. The van der Waals surface area contributed by atoms with E-state index in [4.69, 9.17) is 14.5 Å².